The number of H-pyrrole nitrogens is 1. The van der Waals surface area contributed by atoms with Crippen LogP contribution in [0.2, 0.25) is 0 Å². The number of para-hydroxylation sites is 1. The predicted octanol–water partition coefficient (Wildman–Crippen LogP) is 2.51. The maximum atomic E-state index is 12.9. The third-order valence-corrected chi connectivity index (χ3v) is 5.38. The van der Waals surface area contributed by atoms with Crippen LogP contribution >= 0.6 is 0 Å². The van der Waals surface area contributed by atoms with Gasteiger partial charge in [-0.3, -0.25) is 9.59 Å². The number of ether oxygens (including phenoxy) is 2. The molecule has 0 bridgehead atoms. The van der Waals surface area contributed by atoms with E-state index in [4.69, 9.17) is 9.47 Å². The number of benzene rings is 2. The van der Waals surface area contributed by atoms with E-state index in [2.05, 4.69) is 20.3 Å². The van der Waals surface area contributed by atoms with Crippen LogP contribution in [-0.2, 0) is 18.3 Å². The molecule has 0 saturated carbocycles. The number of fused-ring (bicyclic) bond motifs is 1. The van der Waals surface area contributed by atoms with Gasteiger partial charge in [-0.2, -0.15) is 0 Å². The Kier molecular flexibility index (Phi) is 6.39. The van der Waals surface area contributed by atoms with Gasteiger partial charge in [0.05, 0.1) is 25.1 Å². The fraction of sp³-hybridized carbons (Fsp3) is 0.250. The number of imidazole rings is 1. The van der Waals surface area contributed by atoms with E-state index in [1.54, 1.807) is 44.7 Å². The van der Waals surface area contributed by atoms with Crippen molar-refractivity contribution in [1.82, 2.24) is 24.8 Å². The smallest absolute Gasteiger partial charge is 0.258 e. The number of nitrogens with one attached hydrogen (secondary N) is 2. The summed E-state index contributed by atoms with van der Waals surface area (Å²) in [6, 6.07) is 12.0. The first kappa shape index (κ1) is 22.1. The Labute approximate surface area is 190 Å². The molecular formula is C24H25N5O4. The van der Waals surface area contributed by atoms with Crippen LogP contribution < -0.4 is 20.3 Å². The van der Waals surface area contributed by atoms with Crippen molar-refractivity contribution in [1.29, 1.82) is 0 Å². The molecule has 2 N–H and O–H groups in total. The summed E-state index contributed by atoms with van der Waals surface area (Å²) < 4.78 is 12.6. The van der Waals surface area contributed by atoms with Crippen LogP contribution in [0.25, 0.3) is 10.9 Å². The van der Waals surface area contributed by atoms with E-state index in [9.17, 15) is 9.59 Å². The highest BCUT2D eigenvalue weighted by Crippen LogP contribution is 2.29. The van der Waals surface area contributed by atoms with Gasteiger partial charge >= 0.3 is 0 Å². The lowest BCUT2D eigenvalue weighted by Gasteiger charge is -2.20. The third kappa shape index (κ3) is 4.87. The highest BCUT2D eigenvalue weighted by molar-refractivity contribution is 5.78. The summed E-state index contributed by atoms with van der Waals surface area (Å²) in [5, 5.41) is 3.57. The van der Waals surface area contributed by atoms with Gasteiger partial charge in [0.25, 0.3) is 5.56 Å². The van der Waals surface area contributed by atoms with Crippen LogP contribution in [0, 0.1) is 0 Å². The number of aryl methyl sites for hydroxylation is 2. The number of rotatable bonds is 8. The topological polar surface area (TPSA) is 111 Å². The van der Waals surface area contributed by atoms with Crippen molar-refractivity contribution < 1.29 is 14.3 Å². The molecule has 33 heavy (non-hydrogen) atoms. The lowest BCUT2D eigenvalue weighted by atomic mass is 10.0. The molecule has 1 unspecified atom stereocenters. The molecule has 9 nitrogen and oxygen atoms in total. The van der Waals surface area contributed by atoms with E-state index in [1.807, 2.05) is 36.0 Å². The average Bonchev–Trinajstić information content (AvgIpc) is 3.26. The monoisotopic (exact) mass is 447 g/mol. The van der Waals surface area contributed by atoms with Crippen molar-refractivity contribution in [3.63, 3.8) is 0 Å². The Morgan fingerprint density at radius 2 is 1.88 bits per heavy atom. The minimum atomic E-state index is -0.523. The van der Waals surface area contributed by atoms with E-state index < -0.39 is 6.04 Å². The minimum Gasteiger partial charge on any atom is -0.497 e. The first-order valence-electron chi connectivity index (χ1n) is 10.5. The first-order valence-corrected chi connectivity index (χ1v) is 10.5. The highest BCUT2D eigenvalue weighted by Gasteiger charge is 2.22. The second-order valence-electron chi connectivity index (χ2n) is 7.57. The van der Waals surface area contributed by atoms with Crippen molar-refractivity contribution in [3.8, 4) is 11.5 Å². The molecule has 0 aliphatic heterocycles. The van der Waals surface area contributed by atoms with Crippen molar-refractivity contribution >= 4 is 16.8 Å². The Bertz CT molecular complexity index is 1320. The standard InChI is InChI=1S/C24H25N5O4/c1-29-11-10-25-23(29)22(15-12-16(32-2)14-17(13-15)33-3)28-21(30)9-8-20-26-19-7-5-4-6-18(19)24(31)27-20/h4-7,10-14,22H,8-9H2,1-3H3,(H,28,30)(H,26,27,31). The summed E-state index contributed by atoms with van der Waals surface area (Å²) in [6.45, 7) is 0. The molecule has 0 saturated heterocycles. The Morgan fingerprint density at radius 3 is 2.55 bits per heavy atom. The van der Waals surface area contributed by atoms with E-state index in [1.165, 1.54) is 0 Å². The summed E-state index contributed by atoms with van der Waals surface area (Å²) in [5.41, 5.74) is 1.16. The lowest BCUT2D eigenvalue weighted by Crippen LogP contribution is -2.31. The fourth-order valence-electron chi connectivity index (χ4n) is 3.67. The zero-order valence-electron chi connectivity index (χ0n) is 18.7. The SMILES string of the molecule is COc1cc(OC)cc(C(NC(=O)CCc2nc3ccccc3c(=O)[nH]2)c2nccn2C)c1. The number of methoxy groups -OCH3 is 2. The van der Waals surface area contributed by atoms with Crippen molar-refractivity contribution in [2.45, 2.75) is 18.9 Å². The van der Waals surface area contributed by atoms with Gasteiger partial charge in [0, 0.05) is 38.3 Å². The number of carbonyl (C=O) groups is 1. The summed E-state index contributed by atoms with van der Waals surface area (Å²) in [4.78, 5) is 36.9. The second kappa shape index (κ2) is 9.56. The van der Waals surface area contributed by atoms with E-state index in [0.717, 1.165) is 5.56 Å². The maximum absolute atomic E-state index is 12.9. The molecule has 4 aromatic rings. The molecular weight excluding hydrogens is 422 g/mol. The van der Waals surface area contributed by atoms with Crippen LogP contribution in [0.15, 0.2) is 59.7 Å². The molecule has 170 valence electrons. The van der Waals surface area contributed by atoms with Crippen molar-refractivity contribution in [3.05, 3.63) is 82.4 Å². The van der Waals surface area contributed by atoms with Crippen LogP contribution in [0.3, 0.4) is 0 Å². The Hall–Kier alpha value is -4.14. The molecule has 4 rings (SSSR count). The molecule has 9 heteroatoms. The predicted molar refractivity (Wildman–Crippen MR) is 123 cm³/mol. The Balaban J connectivity index is 1.56. The molecule has 0 aliphatic rings. The molecule has 0 radical (unpaired) electrons. The van der Waals surface area contributed by atoms with Crippen LogP contribution in [0.5, 0.6) is 11.5 Å². The van der Waals surface area contributed by atoms with Gasteiger partial charge in [-0.05, 0) is 29.8 Å². The summed E-state index contributed by atoms with van der Waals surface area (Å²) in [5.74, 6) is 2.13. The van der Waals surface area contributed by atoms with Crippen LogP contribution in [0.1, 0.15) is 29.7 Å². The van der Waals surface area contributed by atoms with Crippen molar-refractivity contribution in [2.75, 3.05) is 14.2 Å². The number of nitrogens with zero attached hydrogens (tertiary/aromatic N) is 3. The average molecular weight is 447 g/mol. The molecule has 2 heterocycles. The van der Waals surface area contributed by atoms with Gasteiger partial charge in [0.2, 0.25) is 5.91 Å². The molecule has 0 spiro atoms. The summed E-state index contributed by atoms with van der Waals surface area (Å²) in [6.07, 6.45) is 3.93. The van der Waals surface area contributed by atoms with Crippen LogP contribution in [-0.4, -0.2) is 39.6 Å². The number of aromatic amines is 1. The van der Waals surface area contributed by atoms with Gasteiger partial charge in [-0.15, -0.1) is 0 Å². The van der Waals surface area contributed by atoms with E-state index in [-0.39, 0.29) is 17.9 Å². The first-order chi connectivity index (χ1) is 16.0. The van der Waals surface area contributed by atoms with Gasteiger partial charge in [0.1, 0.15) is 29.2 Å². The number of hydrogen-bond donors (Lipinski definition) is 2. The number of aromatic nitrogens is 4. The Morgan fingerprint density at radius 1 is 1.15 bits per heavy atom. The van der Waals surface area contributed by atoms with Gasteiger partial charge in [0.15, 0.2) is 0 Å². The molecule has 1 amide bonds. The van der Waals surface area contributed by atoms with Gasteiger partial charge in [-0.25, -0.2) is 9.97 Å². The normalized spacial score (nSPS) is 11.8. The van der Waals surface area contributed by atoms with E-state index >= 15 is 0 Å². The second-order valence-corrected chi connectivity index (χ2v) is 7.57. The highest BCUT2D eigenvalue weighted by atomic mass is 16.5. The number of carbonyl (C=O) groups excluding carboxylic acids is 1. The summed E-state index contributed by atoms with van der Waals surface area (Å²) in [7, 11) is 5.01. The zero-order valence-corrected chi connectivity index (χ0v) is 18.7. The third-order valence-electron chi connectivity index (χ3n) is 5.38. The zero-order chi connectivity index (χ0) is 23.4. The fourth-order valence-corrected chi connectivity index (χ4v) is 3.67. The molecule has 0 fully saturated rings. The summed E-state index contributed by atoms with van der Waals surface area (Å²) >= 11 is 0. The van der Waals surface area contributed by atoms with Crippen molar-refractivity contribution in [2.24, 2.45) is 7.05 Å². The molecule has 2 aromatic carbocycles. The number of amides is 1. The van der Waals surface area contributed by atoms with Gasteiger partial charge in [-0.1, -0.05) is 12.1 Å². The molecule has 1 atom stereocenters. The maximum Gasteiger partial charge on any atom is 0.258 e. The molecule has 2 aromatic heterocycles. The lowest BCUT2D eigenvalue weighted by molar-refractivity contribution is -0.121. The molecule has 0 aliphatic carbocycles. The van der Waals surface area contributed by atoms with E-state index in [0.29, 0.717) is 40.5 Å². The largest absolute Gasteiger partial charge is 0.497 e. The van der Waals surface area contributed by atoms with Crippen LogP contribution in [0.4, 0.5) is 0 Å². The van der Waals surface area contributed by atoms with Gasteiger partial charge < -0.3 is 24.3 Å². The quantitative estimate of drug-likeness (QED) is 0.429. The minimum absolute atomic E-state index is 0.142. The number of hydrogen-bond acceptors (Lipinski definition) is 6.